The van der Waals surface area contributed by atoms with Gasteiger partial charge in [-0.2, -0.15) is 0 Å². The highest BCUT2D eigenvalue weighted by atomic mass is 19.1. The third-order valence-electron chi connectivity index (χ3n) is 6.54. The molecule has 1 aliphatic heterocycles. The number of hydrogen-bond donors (Lipinski definition) is 0. The van der Waals surface area contributed by atoms with Crippen LogP contribution in [-0.2, 0) is 0 Å². The zero-order chi connectivity index (χ0) is 25.5. The molecule has 0 spiro atoms. The topological polar surface area (TPSA) is 51.9 Å². The molecule has 2 unspecified atom stereocenters. The van der Waals surface area contributed by atoms with E-state index in [2.05, 4.69) is 0 Å². The molecular formula is C30H21F2NO4. The molecule has 2 atom stereocenters. The Bertz CT molecular complexity index is 1630. The molecule has 184 valence electrons. The number of rotatable bonds is 4. The van der Waals surface area contributed by atoms with Crippen LogP contribution in [0.2, 0.25) is 0 Å². The molecule has 0 saturated heterocycles. The van der Waals surface area contributed by atoms with Crippen molar-refractivity contribution in [2.45, 2.75) is 12.3 Å². The molecule has 0 N–H and O–H groups in total. The summed E-state index contributed by atoms with van der Waals surface area (Å²) in [5, 5.41) is 0.630. The summed E-state index contributed by atoms with van der Waals surface area (Å²) in [6.45, 7) is 0. The minimum atomic E-state index is -0.748. The van der Waals surface area contributed by atoms with Gasteiger partial charge in [0.25, 0.3) is 0 Å². The minimum Gasteiger partial charge on any atom is -0.497 e. The second kappa shape index (κ2) is 9.09. The second-order valence-electron chi connectivity index (χ2n) is 8.71. The van der Waals surface area contributed by atoms with Crippen molar-refractivity contribution in [3.05, 3.63) is 136 Å². The fraction of sp³-hybridized carbons (Fsp3) is 0.100. The molecule has 5 aromatic rings. The molecule has 4 aromatic carbocycles. The van der Waals surface area contributed by atoms with E-state index in [1.54, 1.807) is 55.6 Å². The normalized spacial score (nSPS) is 16.8. The van der Waals surface area contributed by atoms with Crippen molar-refractivity contribution in [1.29, 1.82) is 0 Å². The van der Waals surface area contributed by atoms with Gasteiger partial charge in [-0.25, -0.2) is 13.6 Å². The Balaban J connectivity index is 1.67. The second-order valence-corrected chi connectivity index (χ2v) is 8.71. The molecule has 6 rings (SSSR count). The van der Waals surface area contributed by atoms with E-state index in [1.165, 1.54) is 24.3 Å². The summed E-state index contributed by atoms with van der Waals surface area (Å²) >= 11 is 0. The first kappa shape index (κ1) is 22.8. The largest absolute Gasteiger partial charge is 0.497 e. The summed E-state index contributed by atoms with van der Waals surface area (Å²) in [5.74, 6) is 0.259. The Morgan fingerprint density at radius 3 is 2.05 bits per heavy atom. The standard InChI is InChI=1S/C30H21F2NO4/c1-35-23-16-14-22(15-17-23)33-27(18-6-10-20(31)11-7-18)26-28(24-4-2-3-5-25(24)36-30(26)34)37-29(33)19-8-12-21(32)13-9-19/h2-17,27,29H,1H3. The van der Waals surface area contributed by atoms with Crippen LogP contribution in [-0.4, -0.2) is 7.11 Å². The lowest BCUT2D eigenvalue weighted by Crippen LogP contribution is -2.42. The Hall–Kier alpha value is -4.65. The summed E-state index contributed by atoms with van der Waals surface area (Å²) in [7, 11) is 1.58. The first-order valence-corrected chi connectivity index (χ1v) is 11.7. The van der Waals surface area contributed by atoms with Gasteiger partial charge in [-0.1, -0.05) is 36.4 Å². The van der Waals surface area contributed by atoms with E-state index in [0.29, 0.717) is 44.8 Å². The van der Waals surface area contributed by atoms with Crippen molar-refractivity contribution in [1.82, 2.24) is 0 Å². The van der Waals surface area contributed by atoms with Crippen molar-refractivity contribution in [2.75, 3.05) is 12.0 Å². The summed E-state index contributed by atoms with van der Waals surface area (Å²) in [6.07, 6.45) is -0.748. The number of anilines is 1. The van der Waals surface area contributed by atoms with E-state index >= 15 is 0 Å². The maximum Gasteiger partial charge on any atom is 0.345 e. The number of methoxy groups -OCH3 is 1. The van der Waals surface area contributed by atoms with Crippen molar-refractivity contribution >= 4 is 16.7 Å². The highest BCUT2D eigenvalue weighted by Gasteiger charge is 2.41. The van der Waals surface area contributed by atoms with Crippen molar-refractivity contribution in [3.63, 3.8) is 0 Å². The number of fused-ring (bicyclic) bond motifs is 3. The number of hydrogen-bond acceptors (Lipinski definition) is 5. The van der Waals surface area contributed by atoms with Gasteiger partial charge >= 0.3 is 5.63 Å². The molecule has 5 nitrogen and oxygen atoms in total. The van der Waals surface area contributed by atoms with Crippen molar-refractivity contribution < 1.29 is 22.7 Å². The SMILES string of the molecule is COc1ccc(N2C(c3ccc(F)cc3)Oc3c(c(=O)oc4ccccc34)C2c2ccc(F)cc2)cc1. The number of ether oxygens (including phenoxy) is 2. The summed E-state index contributed by atoms with van der Waals surface area (Å²) < 4.78 is 45.5. The quantitative estimate of drug-likeness (QED) is 0.257. The van der Waals surface area contributed by atoms with E-state index in [-0.39, 0.29) is 5.82 Å². The number of para-hydroxylation sites is 1. The molecule has 1 aromatic heterocycles. The van der Waals surface area contributed by atoms with Crippen LogP contribution in [0.15, 0.2) is 106 Å². The molecule has 0 bridgehead atoms. The Kier molecular flexibility index (Phi) is 5.60. The molecule has 1 aliphatic rings. The number of benzene rings is 4. The molecule has 0 radical (unpaired) electrons. The zero-order valence-corrected chi connectivity index (χ0v) is 19.7. The average molecular weight is 497 g/mol. The van der Waals surface area contributed by atoms with Crippen LogP contribution in [0, 0.1) is 11.6 Å². The third kappa shape index (κ3) is 3.98. The molecule has 0 saturated carbocycles. The van der Waals surface area contributed by atoms with Gasteiger partial charge < -0.3 is 18.8 Å². The van der Waals surface area contributed by atoms with Crippen LogP contribution in [0.5, 0.6) is 11.5 Å². The van der Waals surface area contributed by atoms with Crippen molar-refractivity contribution in [3.8, 4) is 11.5 Å². The Morgan fingerprint density at radius 2 is 1.41 bits per heavy atom. The van der Waals surface area contributed by atoms with Crippen molar-refractivity contribution in [2.24, 2.45) is 0 Å². The monoisotopic (exact) mass is 497 g/mol. The van der Waals surface area contributed by atoms with Gasteiger partial charge in [0.15, 0.2) is 6.23 Å². The molecular weight excluding hydrogens is 476 g/mol. The van der Waals surface area contributed by atoms with E-state index in [0.717, 1.165) is 0 Å². The molecule has 2 heterocycles. The van der Waals surface area contributed by atoms with Crippen LogP contribution < -0.4 is 20.0 Å². The van der Waals surface area contributed by atoms with Crippen LogP contribution >= 0.6 is 0 Å². The van der Waals surface area contributed by atoms with Gasteiger partial charge in [0.1, 0.15) is 34.3 Å². The van der Waals surface area contributed by atoms with E-state index in [9.17, 15) is 13.6 Å². The highest BCUT2D eigenvalue weighted by molar-refractivity contribution is 5.85. The lowest BCUT2D eigenvalue weighted by Gasteiger charge is -2.44. The van der Waals surface area contributed by atoms with Gasteiger partial charge in [-0.05, 0) is 66.2 Å². The first-order valence-electron chi connectivity index (χ1n) is 11.7. The molecule has 0 amide bonds. The molecule has 7 heteroatoms. The zero-order valence-electron chi connectivity index (χ0n) is 19.7. The number of halogens is 2. The van der Waals surface area contributed by atoms with Gasteiger partial charge in [0, 0.05) is 11.3 Å². The fourth-order valence-corrected chi connectivity index (χ4v) is 4.81. The van der Waals surface area contributed by atoms with Crippen LogP contribution in [0.4, 0.5) is 14.5 Å². The van der Waals surface area contributed by atoms with Gasteiger partial charge in [-0.3, -0.25) is 0 Å². The lowest BCUT2D eigenvalue weighted by molar-refractivity contribution is 0.169. The highest BCUT2D eigenvalue weighted by Crippen LogP contribution is 2.49. The maximum atomic E-state index is 14.0. The summed E-state index contributed by atoms with van der Waals surface area (Å²) in [5.41, 5.74) is 2.17. The first-order chi connectivity index (χ1) is 18.0. The smallest absolute Gasteiger partial charge is 0.345 e. The predicted molar refractivity (Wildman–Crippen MR) is 136 cm³/mol. The van der Waals surface area contributed by atoms with Gasteiger partial charge in [-0.15, -0.1) is 0 Å². The van der Waals surface area contributed by atoms with Gasteiger partial charge in [0.05, 0.1) is 18.5 Å². The molecule has 0 fully saturated rings. The summed E-state index contributed by atoms with van der Waals surface area (Å²) in [6, 6.07) is 25.8. The van der Waals surface area contributed by atoms with E-state index in [4.69, 9.17) is 13.9 Å². The third-order valence-corrected chi connectivity index (χ3v) is 6.54. The predicted octanol–water partition coefficient (Wildman–Crippen LogP) is 6.77. The maximum absolute atomic E-state index is 14.0. The lowest BCUT2D eigenvalue weighted by atomic mass is 9.92. The molecule has 0 aliphatic carbocycles. The Morgan fingerprint density at radius 1 is 0.784 bits per heavy atom. The van der Waals surface area contributed by atoms with E-state index in [1.807, 2.05) is 29.2 Å². The Labute approximate surface area is 211 Å². The van der Waals surface area contributed by atoms with Crippen LogP contribution in [0.25, 0.3) is 11.0 Å². The van der Waals surface area contributed by atoms with Crippen LogP contribution in [0.1, 0.15) is 29.0 Å². The van der Waals surface area contributed by atoms with Crippen LogP contribution in [0.3, 0.4) is 0 Å². The molecule has 37 heavy (non-hydrogen) atoms. The fourth-order valence-electron chi connectivity index (χ4n) is 4.81. The number of nitrogens with zero attached hydrogens (tertiary/aromatic N) is 1. The minimum absolute atomic E-state index is 0.291. The average Bonchev–Trinajstić information content (AvgIpc) is 2.93. The van der Waals surface area contributed by atoms with Gasteiger partial charge in [0.2, 0.25) is 0 Å². The summed E-state index contributed by atoms with van der Waals surface area (Å²) in [4.78, 5) is 15.4. The van der Waals surface area contributed by atoms with E-state index < -0.39 is 23.7 Å².